The van der Waals surface area contributed by atoms with Crippen LogP contribution in [0.1, 0.15) is 35.8 Å². The molecule has 1 aromatic heterocycles. The molecule has 0 amide bonds. The topological polar surface area (TPSA) is 49.9 Å². The molecule has 0 bridgehead atoms. The highest BCUT2D eigenvalue weighted by Crippen LogP contribution is 2.24. The molecular formula is C12H17N3OS. The minimum Gasteiger partial charge on any atom is -0.381 e. The average Bonchev–Trinajstić information content (AvgIpc) is 2.40. The molecule has 0 radical (unpaired) electrons. The highest BCUT2D eigenvalue weighted by Gasteiger charge is 2.20. The van der Waals surface area contributed by atoms with Gasteiger partial charge in [0.15, 0.2) is 0 Å². The molecule has 2 aliphatic rings. The number of H-pyrrole nitrogens is 1. The number of aromatic amines is 1. The zero-order valence-electron chi connectivity index (χ0n) is 9.79. The molecule has 1 atom stereocenters. The fraction of sp³-hybridized carbons (Fsp3) is 0.667. The fourth-order valence-electron chi connectivity index (χ4n) is 2.54. The summed E-state index contributed by atoms with van der Waals surface area (Å²) < 4.78 is 6.27. The quantitative estimate of drug-likeness (QED) is 0.746. The van der Waals surface area contributed by atoms with Gasteiger partial charge in [-0.3, -0.25) is 0 Å². The van der Waals surface area contributed by atoms with Crippen molar-refractivity contribution in [3.05, 3.63) is 21.7 Å². The molecule has 0 aromatic carbocycles. The van der Waals surface area contributed by atoms with Gasteiger partial charge in [0.1, 0.15) is 10.5 Å². The van der Waals surface area contributed by atoms with Gasteiger partial charge in [0.2, 0.25) is 0 Å². The Morgan fingerprint density at radius 1 is 1.41 bits per heavy atom. The van der Waals surface area contributed by atoms with Gasteiger partial charge in [-0.2, -0.15) is 0 Å². The van der Waals surface area contributed by atoms with Crippen molar-refractivity contribution in [3.63, 3.8) is 0 Å². The number of hydrogen-bond donors (Lipinski definition) is 2. The summed E-state index contributed by atoms with van der Waals surface area (Å²) in [5.41, 5.74) is 2.44. The van der Waals surface area contributed by atoms with Gasteiger partial charge in [-0.15, -0.1) is 0 Å². The summed E-state index contributed by atoms with van der Waals surface area (Å²) in [6.45, 7) is 3.52. The zero-order chi connectivity index (χ0) is 11.7. The summed E-state index contributed by atoms with van der Waals surface area (Å²) in [5, 5.41) is 3.33. The smallest absolute Gasteiger partial charge is 0.134 e. The van der Waals surface area contributed by atoms with Crippen molar-refractivity contribution in [2.45, 2.75) is 31.7 Å². The molecule has 1 saturated heterocycles. The first kappa shape index (κ1) is 11.3. The Balaban J connectivity index is 1.95. The molecule has 0 spiro atoms. The summed E-state index contributed by atoms with van der Waals surface area (Å²) in [6, 6.07) is 0. The Kier molecular flexibility index (Phi) is 3.22. The lowest BCUT2D eigenvalue weighted by atomic mass is 10.0. The molecule has 92 valence electrons. The normalized spacial score (nSPS) is 24.4. The van der Waals surface area contributed by atoms with E-state index >= 15 is 0 Å². The van der Waals surface area contributed by atoms with Crippen molar-refractivity contribution in [2.24, 2.45) is 0 Å². The maximum absolute atomic E-state index is 5.51. The fourth-order valence-corrected chi connectivity index (χ4v) is 2.83. The van der Waals surface area contributed by atoms with Crippen LogP contribution in [0.5, 0.6) is 0 Å². The van der Waals surface area contributed by atoms with Crippen LogP contribution in [-0.2, 0) is 17.7 Å². The molecule has 0 saturated carbocycles. The zero-order valence-corrected chi connectivity index (χ0v) is 10.6. The molecule has 2 N–H and O–H groups in total. The van der Waals surface area contributed by atoms with E-state index in [1.165, 1.54) is 11.3 Å². The Morgan fingerprint density at radius 2 is 2.35 bits per heavy atom. The third-order valence-electron chi connectivity index (χ3n) is 3.52. The van der Waals surface area contributed by atoms with Gasteiger partial charge in [-0.05, 0) is 12.8 Å². The molecule has 17 heavy (non-hydrogen) atoms. The SMILES string of the molecule is S=c1nc(C2CCCOC2)[nH]c2c1CNCC2. The minimum absolute atomic E-state index is 0.394. The minimum atomic E-state index is 0.394. The van der Waals surface area contributed by atoms with E-state index < -0.39 is 0 Å². The predicted octanol–water partition coefficient (Wildman–Crippen LogP) is 1.68. The van der Waals surface area contributed by atoms with E-state index in [9.17, 15) is 0 Å². The van der Waals surface area contributed by atoms with Crippen LogP contribution in [0.25, 0.3) is 0 Å². The molecule has 2 aliphatic heterocycles. The monoisotopic (exact) mass is 251 g/mol. The van der Waals surface area contributed by atoms with Gasteiger partial charge < -0.3 is 15.0 Å². The van der Waals surface area contributed by atoms with Crippen molar-refractivity contribution in [2.75, 3.05) is 19.8 Å². The Hall–Kier alpha value is -0.780. The largest absolute Gasteiger partial charge is 0.381 e. The van der Waals surface area contributed by atoms with Crippen LogP contribution in [-0.4, -0.2) is 29.7 Å². The van der Waals surface area contributed by atoms with E-state index in [2.05, 4.69) is 15.3 Å². The van der Waals surface area contributed by atoms with Gasteiger partial charge in [0.25, 0.3) is 0 Å². The van der Waals surface area contributed by atoms with Crippen LogP contribution in [0, 0.1) is 4.64 Å². The second kappa shape index (κ2) is 4.84. The number of fused-ring (bicyclic) bond motifs is 1. The van der Waals surface area contributed by atoms with Gasteiger partial charge in [0.05, 0.1) is 6.61 Å². The first-order chi connectivity index (χ1) is 8.34. The van der Waals surface area contributed by atoms with E-state index in [4.69, 9.17) is 17.0 Å². The second-order valence-corrected chi connectivity index (χ2v) is 5.11. The number of aromatic nitrogens is 2. The molecule has 3 rings (SSSR count). The van der Waals surface area contributed by atoms with Crippen molar-refractivity contribution in [3.8, 4) is 0 Å². The summed E-state index contributed by atoms with van der Waals surface area (Å²) in [5.74, 6) is 1.42. The highest BCUT2D eigenvalue weighted by molar-refractivity contribution is 7.71. The summed E-state index contributed by atoms with van der Waals surface area (Å²) in [4.78, 5) is 8.03. The van der Waals surface area contributed by atoms with Gasteiger partial charge >= 0.3 is 0 Å². The van der Waals surface area contributed by atoms with Crippen LogP contribution in [0.2, 0.25) is 0 Å². The standard InChI is InChI=1S/C12H17N3OS/c17-12-9-6-13-4-3-10(9)14-11(15-12)8-2-1-5-16-7-8/h8,13H,1-7H2,(H,14,15,17). The van der Waals surface area contributed by atoms with Gasteiger partial charge in [0, 0.05) is 43.3 Å². The van der Waals surface area contributed by atoms with Gasteiger partial charge in [-0.25, -0.2) is 4.98 Å². The first-order valence-electron chi connectivity index (χ1n) is 6.25. The lowest BCUT2D eigenvalue weighted by molar-refractivity contribution is 0.0779. The predicted molar refractivity (Wildman–Crippen MR) is 67.6 cm³/mol. The molecule has 1 unspecified atom stereocenters. The average molecular weight is 251 g/mol. The van der Waals surface area contributed by atoms with Crippen molar-refractivity contribution in [1.82, 2.24) is 15.3 Å². The van der Waals surface area contributed by atoms with E-state index in [0.717, 1.165) is 56.0 Å². The third kappa shape index (κ3) is 2.27. The van der Waals surface area contributed by atoms with Crippen LogP contribution >= 0.6 is 12.2 Å². The Morgan fingerprint density at radius 3 is 3.18 bits per heavy atom. The third-order valence-corrected chi connectivity index (χ3v) is 3.86. The maximum atomic E-state index is 5.51. The number of hydrogen-bond acceptors (Lipinski definition) is 4. The van der Waals surface area contributed by atoms with E-state index in [0.29, 0.717) is 5.92 Å². The summed E-state index contributed by atoms with van der Waals surface area (Å²) >= 11 is 5.38. The Bertz CT molecular complexity index is 465. The van der Waals surface area contributed by atoms with Gasteiger partial charge in [-0.1, -0.05) is 12.2 Å². The van der Waals surface area contributed by atoms with Crippen LogP contribution in [0.15, 0.2) is 0 Å². The number of rotatable bonds is 1. The van der Waals surface area contributed by atoms with Crippen molar-refractivity contribution < 1.29 is 4.74 Å². The molecule has 4 nitrogen and oxygen atoms in total. The Labute approximate surface area is 106 Å². The maximum Gasteiger partial charge on any atom is 0.134 e. The highest BCUT2D eigenvalue weighted by atomic mass is 32.1. The van der Waals surface area contributed by atoms with Crippen molar-refractivity contribution >= 4 is 12.2 Å². The first-order valence-corrected chi connectivity index (χ1v) is 6.66. The number of ether oxygens (including phenoxy) is 1. The molecule has 1 fully saturated rings. The lowest BCUT2D eigenvalue weighted by Crippen LogP contribution is -2.27. The van der Waals surface area contributed by atoms with E-state index in [-0.39, 0.29) is 0 Å². The number of nitrogens with one attached hydrogen (secondary N) is 2. The molecular weight excluding hydrogens is 234 g/mol. The molecule has 3 heterocycles. The lowest BCUT2D eigenvalue weighted by Gasteiger charge is -2.24. The van der Waals surface area contributed by atoms with Crippen LogP contribution < -0.4 is 5.32 Å². The van der Waals surface area contributed by atoms with Crippen molar-refractivity contribution in [1.29, 1.82) is 0 Å². The molecule has 1 aromatic rings. The summed E-state index contributed by atoms with van der Waals surface area (Å²) in [7, 11) is 0. The van der Waals surface area contributed by atoms with E-state index in [1.807, 2.05) is 0 Å². The van der Waals surface area contributed by atoms with E-state index in [1.54, 1.807) is 0 Å². The van der Waals surface area contributed by atoms with Crippen LogP contribution in [0.4, 0.5) is 0 Å². The molecule has 5 heteroatoms. The van der Waals surface area contributed by atoms with Crippen LogP contribution in [0.3, 0.4) is 0 Å². The summed E-state index contributed by atoms with van der Waals surface area (Å²) in [6.07, 6.45) is 3.28. The number of nitrogens with zero attached hydrogens (tertiary/aromatic N) is 1. The second-order valence-electron chi connectivity index (χ2n) is 4.73. The molecule has 0 aliphatic carbocycles.